The Bertz CT molecular complexity index is 428. The number of carbonyl (C=O) groups is 1. The molecular formula is C16H24N2O3. The maximum Gasteiger partial charge on any atom is 0.227 e. The Morgan fingerprint density at radius 1 is 1.24 bits per heavy atom. The highest BCUT2D eigenvalue weighted by Gasteiger charge is 2.21. The molecule has 1 aliphatic heterocycles. The minimum absolute atomic E-state index is 0.0746. The van der Waals surface area contributed by atoms with Gasteiger partial charge in [-0.1, -0.05) is 0 Å². The van der Waals surface area contributed by atoms with Gasteiger partial charge in [0.1, 0.15) is 0 Å². The second-order valence-electron chi connectivity index (χ2n) is 5.23. The van der Waals surface area contributed by atoms with Crippen molar-refractivity contribution >= 4 is 17.3 Å². The van der Waals surface area contributed by atoms with E-state index in [9.17, 15) is 4.79 Å². The van der Waals surface area contributed by atoms with E-state index >= 15 is 0 Å². The zero-order valence-electron chi connectivity index (χ0n) is 12.6. The molecular weight excluding hydrogens is 268 g/mol. The van der Waals surface area contributed by atoms with Crippen molar-refractivity contribution in [2.24, 2.45) is 5.92 Å². The first kappa shape index (κ1) is 15.8. The summed E-state index contributed by atoms with van der Waals surface area (Å²) in [5.74, 6) is 0.171. The van der Waals surface area contributed by atoms with Crippen LogP contribution in [0.15, 0.2) is 24.3 Å². The molecule has 5 nitrogen and oxygen atoms in total. The summed E-state index contributed by atoms with van der Waals surface area (Å²) in [5, 5.41) is 6.29. The van der Waals surface area contributed by atoms with Crippen LogP contribution in [0.2, 0.25) is 0 Å². The third-order valence-corrected chi connectivity index (χ3v) is 3.60. The third-order valence-electron chi connectivity index (χ3n) is 3.60. The fourth-order valence-electron chi connectivity index (χ4n) is 2.32. The molecule has 0 radical (unpaired) electrons. The van der Waals surface area contributed by atoms with Crippen molar-refractivity contribution in [3.05, 3.63) is 24.3 Å². The van der Waals surface area contributed by atoms with Crippen molar-refractivity contribution < 1.29 is 14.3 Å². The summed E-state index contributed by atoms with van der Waals surface area (Å²) < 4.78 is 10.3. The first-order chi connectivity index (χ1) is 10.3. The number of anilines is 2. The van der Waals surface area contributed by atoms with Gasteiger partial charge in [-0.15, -0.1) is 0 Å². The number of hydrogen-bond donors (Lipinski definition) is 2. The van der Waals surface area contributed by atoms with Crippen LogP contribution in [-0.2, 0) is 14.3 Å². The Balaban J connectivity index is 1.77. The van der Waals surface area contributed by atoms with Crippen molar-refractivity contribution in [3.8, 4) is 0 Å². The van der Waals surface area contributed by atoms with E-state index in [1.54, 1.807) is 7.11 Å². The predicted molar refractivity (Wildman–Crippen MR) is 83.6 cm³/mol. The molecule has 0 aliphatic carbocycles. The summed E-state index contributed by atoms with van der Waals surface area (Å²) in [6.45, 7) is 3.00. The standard InChI is InChI=1S/C16H24N2O3/c1-20-10-2-9-17-14-3-5-15(6-4-14)18-16(19)13-7-11-21-12-8-13/h3-6,13,17H,2,7-12H2,1H3,(H,18,19). The van der Waals surface area contributed by atoms with Gasteiger partial charge in [0.25, 0.3) is 0 Å². The van der Waals surface area contributed by atoms with Crippen LogP contribution >= 0.6 is 0 Å². The highest BCUT2D eigenvalue weighted by molar-refractivity contribution is 5.92. The SMILES string of the molecule is COCCCNc1ccc(NC(=O)C2CCOCC2)cc1. The van der Waals surface area contributed by atoms with E-state index in [0.717, 1.165) is 43.8 Å². The lowest BCUT2D eigenvalue weighted by Gasteiger charge is -2.21. The highest BCUT2D eigenvalue weighted by Crippen LogP contribution is 2.19. The molecule has 1 aromatic carbocycles. The van der Waals surface area contributed by atoms with Crippen molar-refractivity contribution in [2.45, 2.75) is 19.3 Å². The summed E-state index contributed by atoms with van der Waals surface area (Å²) in [6, 6.07) is 7.81. The second kappa shape index (κ2) is 8.64. The van der Waals surface area contributed by atoms with E-state index in [2.05, 4.69) is 10.6 Å². The number of ether oxygens (including phenoxy) is 2. The lowest BCUT2D eigenvalue weighted by molar-refractivity contribution is -0.122. The summed E-state index contributed by atoms with van der Waals surface area (Å²) in [6.07, 6.45) is 2.59. The average molecular weight is 292 g/mol. The van der Waals surface area contributed by atoms with Crippen LogP contribution in [0.5, 0.6) is 0 Å². The van der Waals surface area contributed by atoms with Gasteiger partial charge in [-0.2, -0.15) is 0 Å². The molecule has 0 unspecified atom stereocenters. The number of hydrogen-bond acceptors (Lipinski definition) is 4. The molecule has 1 aliphatic rings. The van der Waals surface area contributed by atoms with E-state index in [1.165, 1.54) is 0 Å². The molecule has 5 heteroatoms. The normalized spacial score (nSPS) is 15.7. The summed E-state index contributed by atoms with van der Waals surface area (Å²) in [4.78, 5) is 12.1. The van der Waals surface area contributed by atoms with E-state index in [1.807, 2.05) is 24.3 Å². The monoisotopic (exact) mass is 292 g/mol. The zero-order valence-corrected chi connectivity index (χ0v) is 12.6. The van der Waals surface area contributed by atoms with Gasteiger partial charge in [0.2, 0.25) is 5.91 Å². The van der Waals surface area contributed by atoms with E-state index < -0.39 is 0 Å². The number of rotatable bonds is 7. The fourth-order valence-corrected chi connectivity index (χ4v) is 2.32. The summed E-state index contributed by atoms with van der Waals surface area (Å²) in [5.41, 5.74) is 1.89. The second-order valence-corrected chi connectivity index (χ2v) is 5.23. The molecule has 116 valence electrons. The number of nitrogens with one attached hydrogen (secondary N) is 2. The molecule has 1 aromatic rings. The maximum absolute atomic E-state index is 12.1. The Morgan fingerprint density at radius 3 is 2.57 bits per heavy atom. The van der Waals surface area contributed by atoms with E-state index in [0.29, 0.717) is 13.2 Å². The molecule has 0 atom stereocenters. The van der Waals surface area contributed by atoms with Gasteiger partial charge in [-0.25, -0.2) is 0 Å². The third kappa shape index (κ3) is 5.36. The lowest BCUT2D eigenvalue weighted by atomic mass is 9.99. The molecule has 1 saturated heterocycles. The molecule has 0 bridgehead atoms. The van der Waals surface area contributed by atoms with Gasteiger partial charge < -0.3 is 20.1 Å². The summed E-state index contributed by atoms with van der Waals surface area (Å²) >= 11 is 0. The minimum Gasteiger partial charge on any atom is -0.385 e. The zero-order chi connectivity index (χ0) is 14.9. The smallest absolute Gasteiger partial charge is 0.227 e. The van der Waals surface area contributed by atoms with Gasteiger partial charge in [0.05, 0.1) is 0 Å². The lowest BCUT2D eigenvalue weighted by Crippen LogP contribution is -2.28. The largest absolute Gasteiger partial charge is 0.385 e. The maximum atomic E-state index is 12.1. The molecule has 0 aromatic heterocycles. The molecule has 1 fully saturated rings. The van der Waals surface area contributed by atoms with Crippen LogP contribution in [0.25, 0.3) is 0 Å². The molecule has 0 spiro atoms. The Labute approximate surface area is 126 Å². The van der Waals surface area contributed by atoms with Crippen LogP contribution in [0, 0.1) is 5.92 Å². The van der Waals surface area contributed by atoms with Gasteiger partial charge in [-0.05, 0) is 43.5 Å². The predicted octanol–water partition coefficient (Wildman–Crippen LogP) is 2.50. The molecule has 21 heavy (non-hydrogen) atoms. The quantitative estimate of drug-likeness (QED) is 0.758. The molecule has 0 saturated carbocycles. The van der Waals surface area contributed by atoms with E-state index in [-0.39, 0.29) is 11.8 Å². The van der Waals surface area contributed by atoms with Crippen LogP contribution in [0.1, 0.15) is 19.3 Å². The van der Waals surface area contributed by atoms with Gasteiger partial charge in [0, 0.05) is 50.8 Å². The molecule has 2 N–H and O–H groups in total. The van der Waals surface area contributed by atoms with Gasteiger partial charge >= 0.3 is 0 Å². The Kier molecular flexibility index (Phi) is 6.50. The topological polar surface area (TPSA) is 59.6 Å². The number of carbonyl (C=O) groups excluding carboxylic acids is 1. The minimum atomic E-state index is 0.0746. The highest BCUT2D eigenvalue weighted by atomic mass is 16.5. The van der Waals surface area contributed by atoms with Gasteiger partial charge in [-0.3, -0.25) is 4.79 Å². The number of amides is 1. The average Bonchev–Trinajstić information content (AvgIpc) is 2.54. The van der Waals surface area contributed by atoms with Crippen molar-refractivity contribution in [3.63, 3.8) is 0 Å². The van der Waals surface area contributed by atoms with Crippen molar-refractivity contribution in [1.82, 2.24) is 0 Å². The van der Waals surface area contributed by atoms with Crippen molar-refractivity contribution in [1.29, 1.82) is 0 Å². The first-order valence-corrected chi connectivity index (χ1v) is 7.51. The number of benzene rings is 1. The molecule has 1 amide bonds. The van der Waals surface area contributed by atoms with Crippen LogP contribution < -0.4 is 10.6 Å². The first-order valence-electron chi connectivity index (χ1n) is 7.51. The van der Waals surface area contributed by atoms with Gasteiger partial charge in [0.15, 0.2) is 0 Å². The Hall–Kier alpha value is -1.59. The fraction of sp³-hybridized carbons (Fsp3) is 0.562. The summed E-state index contributed by atoms with van der Waals surface area (Å²) in [7, 11) is 1.70. The van der Waals surface area contributed by atoms with E-state index in [4.69, 9.17) is 9.47 Å². The number of methoxy groups -OCH3 is 1. The van der Waals surface area contributed by atoms with Crippen LogP contribution in [-0.4, -0.2) is 39.4 Å². The van der Waals surface area contributed by atoms with Crippen LogP contribution in [0.3, 0.4) is 0 Å². The Morgan fingerprint density at radius 2 is 1.90 bits per heavy atom. The molecule has 2 rings (SSSR count). The van der Waals surface area contributed by atoms with Crippen LogP contribution in [0.4, 0.5) is 11.4 Å². The molecule has 1 heterocycles. The van der Waals surface area contributed by atoms with Crippen molar-refractivity contribution in [2.75, 3.05) is 44.1 Å².